The summed E-state index contributed by atoms with van der Waals surface area (Å²) in [5.74, 6) is 0.920. The number of para-hydroxylation sites is 3. The van der Waals surface area contributed by atoms with Crippen LogP contribution in [0.1, 0.15) is 27.8 Å². The van der Waals surface area contributed by atoms with Gasteiger partial charge in [-0.1, -0.05) is 133 Å². The first-order valence-electron chi connectivity index (χ1n) is 16.4. The molecule has 0 amide bonds. The zero-order chi connectivity index (χ0) is 32.5. The fourth-order valence-corrected chi connectivity index (χ4v) is 9.29. The van der Waals surface area contributed by atoms with Crippen molar-refractivity contribution in [2.45, 2.75) is 15.2 Å². The van der Waals surface area contributed by atoms with E-state index >= 15 is 0 Å². The molecule has 1 aromatic heterocycles. The van der Waals surface area contributed by atoms with Crippen molar-refractivity contribution in [3.63, 3.8) is 0 Å². The summed E-state index contributed by atoms with van der Waals surface area (Å²) < 4.78 is 2.24. The Bertz CT molecular complexity index is 2600. The number of fused-ring (bicyclic) bond motifs is 10. The third-order valence-electron chi connectivity index (χ3n) is 10.1. The first kappa shape index (κ1) is 27.9. The van der Waals surface area contributed by atoms with Crippen LogP contribution in [-0.2, 0) is 5.41 Å². The van der Waals surface area contributed by atoms with Crippen LogP contribution in [0, 0.1) is 11.3 Å². The molecule has 7 aromatic carbocycles. The van der Waals surface area contributed by atoms with E-state index in [1.807, 2.05) is 24.3 Å². The van der Waals surface area contributed by atoms with Crippen molar-refractivity contribution < 1.29 is 0 Å². The van der Waals surface area contributed by atoms with E-state index in [1.165, 1.54) is 38.3 Å². The third-order valence-corrected chi connectivity index (χ3v) is 11.4. The molecule has 2 aliphatic rings. The number of rotatable bonds is 3. The highest BCUT2D eigenvalue weighted by Crippen LogP contribution is 2.62. The molecule has 1 spiro atoms. The fraction of sp³-hybridized carbons (Fsp3) is 0.0222. The highest BCUT2D eigenvalue weighted by Gasteiger charge is 2.50. The summed E-state index contributed by atoms with van der Waals surface area (Å²) >= 11 is 1.72. The first-order valence-corrected chi connectivity index (χ1v) is 17.3. The summed E-state index contributed by atoms with van der Waals surface area (Å²) in [6, 6.07) is 60.7. The largest absolute Gasteiger partial charge is 0.292 e. The average Bonchev–Trinajstić information content (AvgIpc) is 3.70. The molecule has 1 aliphatic heterocycles. The lowest BCUT2D eigenvalue weighted by Gasteiger charge is -2.40. The van der Waals surface area contributed by atoms with Crippen LogP contribution in [0.15, 0.2) is 174 Å². The van der Waals surface area contributed by atoms with Gasteiger partial charge < -0.3 is 0 Å². The van der Waals surface area contributed by atoms with Crippen LogP contribution in [-0.4, -0.2) is 9.55 Å². The minimum atomic E-state index is -0.535. The second-order valence-electron chi connectivity index (χ2n) is 12.6. The predicted octanol–water partition coefficient (Wildman–Crippen LogP) is 11.1. The summed E-state index contributed by atoms with van der Waals surface area (Å²) in [7, 11) is 0. The van der Waals surface area contributed by atoms with Crippen LogP contribution < -0.4 is 0 Å². The molecule has 0 bridgehead atoms. The van der Waals surface area contributed by atoms with Crippen molar-refractivity contribution >= 4 is 22.8 Å². The number of nitrogens with zero attached hydrogens (tertiary/aromatic N) is 3. The lowest BCUT2D eigenvalue weighted by molar-refractivity contribution is 0.721. The van der Waals surface area contributed by atoms with Gasteiger partial charge in [0, 0.05) is 21.0 Å². The SMILES string of the molecule is N#Cc1cccc2c1Sc1ccc(-c3ccc(-c4nc5ccccc5n4-c4ccccc4)cc3)cc1C21c2ccccc2-c2ccccc21. The fourth-order valence-electron chi connectivity index (χ4n) is 8.06. The van der Waals surface area contributed by atoms with Crippen molar-refractivity contribution in [2.75, 3.05) is 0 Å². The number of hydrogen-bond donors (Lipinski definition) is 0. The number of imidazole rings is 1. The van der Waals surface area contributed by atoms with E-state index in [4.69, 9.17) is 4.98 Å². The van der Waals surface area contributed by atoms with Crippen LogP contribution in [0.5, 0.6) is 0 Å². The van der Waals surface area contributed by atoms with Gasteiger partial charge in [-0.3, -0.25) is 4.57 Å². The minimum Gasteiger partial charge on any atom is -0.292 e. The zero-order valence-corrected chi connectivity index (χ0v) is 27.2. The first-order chi connectivity index (χ1) is 24.3. The lowest BCUT2D eigenvalue weighted by Crippen LogP contribution is -2.32. The Morgan fingerprint density at radius 1 is 0.551 bits per heavy atom. The van der Waals surface area contributed by atoms with Gasteiger partial charge in [-0.05, 0) is 87.0 Å². The van der Waals surface area contributed by atoms with Gasteiger partial charge in [0.15, 0.2) is 0 Å². The second-order valence-corrected chi connectivity index (χ2v) is 13.7. The average molecular weight is 642 g/mol. The van der Waals surface area contributed by atoms with Crippen molar-refractivity contribution in [3.05, 3.63) is 192 Å². The highest BCUT2D eigenvalue weighted by atomic mass is 32.2. The molecule has 0 fully saturated rings. The van der Waals surface area contributed by atoms with Crippen LogP contribution in [0.25, 0.3) is 50.4 Å². The quantitative estimate of drug-likeness (QED) is 0.193. The van der Waals surface area contributed by atoms with Gasteiger partial charge in [0.2, 0.25) is 0 Å². The molecule has 0 N–H and O–H groups in total. The maximum atomic E-state index is 10.2. The summed E-state index contributed by atoms with van der Waals surface area (Å²) in [6.07, 6.45) is 0. The maximum Gasteiger partial charge on any atom is 0.145 e. The Labute approximate surface area is 288 Å². The number of aromatic nitrogens is 2. The minimum absolute atomic E-state index is 0.535. The Balaban J connectivity index is 1.16. The van der Waals surface area contributed by atoms with Crippen molar-refractivity contribution in [1.82, 2.24) is 9.55 Å². The van der Waals surface area contributed by atoms with Gasteiger partial charge in [-0.2, -0.15) is 5.26 Å². The summed E-state index contributed by atoms with van der Waals surface area (Å²) in [4.78, 5) is 7.31. The molecule has 0 saturated carbocycles. The van der Waals surface area contributed by atoms with Gasteiger partial charge in [0.05, 0.1) is 22.0 Å². The predicted molar refractivity (Wildman–Crippen MR) is 198 cm³/mol. The Morgan fingerprint density at radius 2 is 1.18 bits per heavy atom. The van der Waals surface area contributed by atoms with E-state index < -0.39 is 5.41 Å². The lowest BCUT2D eigenvalue weighted by atomic mass is 9.66. The molecule has 2 heterocycles. The van der Waals surface area contributed by atoms with Crippen LogP contribution >= 0.6 is 11.8 Å². The number of benzene rings is 7. The van der Waals surface area contributed by atoms with Crippen LogP contribution in [0.3, 0.4) is 0 Å². The smallest absolute Gasteiger partial charge is 0.145 e. The van der Waals surface area contributed by atoms with Gasteiger partial charge in [-0.15, -0.1) is 0 Å². The Kier molecular flexibility index (Phi) is 6.09. The van der Waals surface area contributed by atoms with Crippen molar-refractivity contribution in [3.8, 4) is 45.4 Å². The molecule has 0 unspecified atom stereocenters. The third kappa shape index (κ3) is 3.94. The van der Waals surface area contributed by atoms with E-state index in [9.17, 15) is 5.26 Å². The van der Waals surface area contributed by atoms with E-state index in [2.05, 4.69) is 150 Å². The normalized spacial score (nSPS) is 13.4. The molecular formula is C45H27N3S. The molecule has 49 heavy (non-hydrogen) atoms. The Hall–Kier alpha value is -6.15. The van der Waals surface area contributed by atoms with Crippen LogP contribution in [0.2, 0.25) is 0 Å². The summed E-state index contributed by atoms with van der Waals surface area (Å²) in [5, 5.41) is 10.2. The monoisotopic (exact) mass is 641 g/mol. The molecule has 10 rings (SSSR count). The van der Waals surface area contributed by atoms with E-state index in [-0.39, 0.29) is 0 Å². The molecule has 8 aromatic rings. The molecule has 4 heteroatoms. The summed E-state index contributed by atoms with van der Waals surface area (Å²) in [6.45, 7) is 0. The standard InChI is InChI=1S/C45H27N3S/c46-28-32-11-10-18-38-43(32)49-42-26-25-31(27-39(42)45(38)36-16-6-4-14-34(36)35-15-5-7-17-37(35)45)29-21-23-30(24-22-29)44-47-40-19-8-9-20-41(40)48(44)33-12-2-1-3-13-33/h1-27H. The topological polar surface area (TPSA) is 41.6 Å². The molecule has 3 nitrogen and oxygen atoms in total. The summed E-state index contributed by atoms with van der Waals surface area (Å²) in [5.41, 5.74) is 14.1. The van der Waals surface area contributed by atoms with E-state index in [0.717, 1.165) is 49.7 Å². The number of nitriles is 1. The van der Waals surface area contributed by atoms with E-state index in [1.54, 1.807) is 11.8 Å². The highest BCUT2D eigenvalue weighted by molar-refractivity contribution is 7.99. The van der Waals surface area contributed by atoms with Gasteiger partial charge in [0.25, 0.3) is 0 Å². The number of hydrogen-bond acceptors (Lipinski definition) is 3. The molecule has 0 atom stereocenters. The van der Waals surface area contributed by atoms with Gasteiger partial charge in [0.1, 0.15) is 11.9 Å². The van der Waals surface area contributed by atoms with Gasteiger partial charge >= 0.3 is 0 Å². The van der Waals surface area contributed by atoms with Crippen LogP contribution in [0.4, 0.5) is 0 Å². The molecule has 0 radical (unpaired) electrons. The molecule has 1 aliphatic carbocycles. The zero-order valence-electron chi connectivity index (χ0n) is 26.3. The molecule has 0 saturated heterocycles. The van der Waals surface area contributed by atoms with Crippen molar-refractivity contribution in [2.24, 2.45) is 0 Å². The van der Waals surface area contributed by atoms with E-state index in [0.29, 0.717) is 0 Å². The van der Waals surface area contributed by atoms with Gasteiger partial charge in [-0.25, -0.2) is 4.98 Å². The second kappa shape index (κ2) is 10.7. The molecular weight excluding hydrogens is 615 g/mol. The Morgan fingerprint density at radius 3 is 1.94 bits per heavy atom. The molecule has 228 valence electrons. The maximum absolute atomic E-state index is 10.2. The van der Waals surface area contributed by atoms with Crippen molar-refractivity contribution in [1.29, 1.82) is 5.26 Å².